The van der Waals surface area contributed by atoms with Crippen LogP contribution >= 0.6 is 31.9 Å². The Kier molecular flexibility index (Phi) is 4.62. The number of rotatable bonds is 4. The van der Waals surface area contributed by atoms with Crippen molar-refractivity contribution in [3.8, 4) is 0 Å². The predicted octanol–water partition coefficient (Wildman–Crippen LogP) is 2.10. The summed E-state index contributed by atoms with van der Waals surface area (Å²) < 4.78 is 0. The van der Waals surface area contributed by atoms with E-state index >= 15 is 0 Å². The maximum absolute atomic E-state index is 12.8. The van der Waals surface area contributed by atoms with E-state index in [4.69, 9.17) is 5.11 Å². The number of carboxylic acids is 1. The average Bonchev–Trinajstić information content (AvgIpc) is 3.23. The average molecular weight is 500 g/mol. The van der Waals surface area contributed by atoms with Crippen LogP contribution in [-0.2, 0) is 14.4 Å². The van der Waals surface area contributed by atoms with Crippen molar-refractivity contribution in [2.24, 2.45) is 23.7 Å². The van der Waals surface area contributed by atoms with E-state index in [0.717, 1.165) is 11.3 Å². The van der Waals surface area contributed by atoms with Gasteiger partial charge in [-0.05, 0) is 42.5 Å². The Morgan fingerprint density at radius 1 is 1.04 bits per heavy atom. The van der Waals surface area contributed by atoms with Gasteiger partial charge in [-0.3, -0.25) is 19.3 Å². The van der Waals surface area contributed by atoms with Crippen LogP contribution in [0.25, 0.3) is 0 Å². The van der Waals surface area contributed by atoms with Crippen molar-refractivity contribution < 1.29 is 24.3 Å². The number of halogens is 2. The van der Waals surface area contributed by atoms with E-state index in [1.165, 1.54) is 24.3 Å². The number of carboxylic acid groups (broad SMARTS) is 1. The van der Waals surface area contributed by atoms with E-state index in [1.54, 1.807) is 0 Å². The molecular weight excluding hydrogens is 484 g/mol. The van der Waals surface area contributed by atoms with Gasteiger partial charge in [0.15, 0.2) is 0 Å². The summed E-state index contributed by atoms with van der Waals surface area (Å²) in [5.41, 5.74) is 0.514. The number of carbonyl (C=O) groups excluding carboxylic acids is 3. The first-order chi connectivity index (χ1) is 12.8. The van der Waals surface area contributed by atoms with Crippen molar-refractivity contribution in [2.45, 2.75) is 16.1 Å². The highest BCUT2D eigenvalue weighted by Gasteiger charge is 2.66. The molecule has 0 spiro atoms. The summed E-state index contributed by atoms with van der Waals surface area (Å²) in [4.78, 5) is 50.1. The Morgan fingerprint density at radius 2 is 1.56 bits per heavy atom. The monoisotopic (exact) mass is 498 g/mol. The highest BCUT2D eigenvalue weighted by molar-refractivity contribution is 9.12. The summed E-state index contributed by atoms with van der Waals surface area (Å²) in [6.07, 6.45) is 0.842. The Balaban J connectivity index is 1.44. The van der Waals surface area contributed by atoms with Crippen LogP contribution in [0.2, 0.25) is 0 Å². The number of imide groups is 1. The van der Waals surface area contributed by atoms with E-state index in [9.17, 15) is 19.2 Å². The smallest absolute Gasteiger partial charge is 0.335 e. The van der Waals surface area contributed by atoms with Gasteiger partial charge in [0.1, 0.15) is 6.54 Å². The molecule has 2 saturated carbocycles. The third kappa shape index (κ3) is 2.91. The molecule has 9 heteroatoms. The summed E-state index contributed by atoms with van der Waals surface area (Å²) in [6.45, 7) is -0.329. The summed E-state index contributed by atoms with van der Waals surface area (Å²) in [6, 6.07) is 5.68. The van der Waals surface area contributed by atoms with Crippen molar-refractivity contribution in [2.75, 3.05) is 11.9 Å². The minimum Gasteiger partial charge on any atom is -0.478 e. The highest BCUT2D eigenvalue weighted by atomic mass is 79.9. The minimum absolute atomic E-state index is 0.106. The van der Waals surface area contributed by atoms with E-state index < -0.39 is 11.9 Å². The zero-order chi connectivity index (χ0) is 19.5. The van der Waals surface area contributed by atoms with Crippen molar-refractivity contribution >= 4 is 61.2 Å². The molecule has 0 aromatic heterocycles. The normalized spacial score (nSPS) is 34.1. The van der Waals surface area contributed by atoms with Crippen molar-refractivity contribution in [3.05, 3.63) is 29.8 Å². The van der Waals surface area contributed by atoms with E-state index in [2.05, 4.69) is 37.2 Å². The fourth-order valence-corrected chi connectivity index (χ4v) is 6.48. The fraction of sp³-hybridized carbons (Fsp3) is 0.444. The maximum atomic E-state index is 12.8. The second-order valence-corrected chi connectivity index (χ2v) is 9.31. The van der Waals surface area contributed by atoms with Gasteiger partial charge in [0.25, 0.3) is 0 Å². The SMILES string of the molecule is O=C(CN1C(=O)[C@@H]2[C@@H]3C[C@H]([C@H](Br)[C@@H]3Br)[C@@H]2C1=O)Nc1ccc(C(=O)O)cc1. The number of anilines is 1. The van der Waals surface area contributed by atoms with Crippen LogP contribution < -0.4 is 5.32 Å². The molecule has 1 aromatic rings. The van der Waals surface area contributed by atoms with Crippen LogP contribution in [0.4, 0.5) is 5.69 Å². The molecule has 3 aliphatic rings. The van der Waals surface area contributed by atoms with Gasteiger partial charge in [-0.25, -0.2) is 4.79 Å². The summed E-state index contributed by atoms with van der Waals surface area (Å²) in [5, 5.41) is 11.5. The Labute approximate surface area is 171 Å². The second-order valence-electron chi connectivity index (χ2n) is 7.20. The first kappa shape index (κ1) is 18.6. The lowest BCUT2D eigenvalue weighted by atomic mass is 9.81. The molecule has 1 aromatic carbocycles. The van der Waals surface area contributed by atoms with Crippen LogP contribution in [-0.4, -0.2) is 49.9 Å². The number of aromatic carboxylic acids is 1. The lowest BCUT2D eigenvalue weighted by Crippen LogP contribution is -2.39. The number of nitrogens with zero attached hydrogens (tertiary/aromatic N) is 1. The molecule has 1 saturated heterocycles. The standard InChI is InChI=1S/C18H16Br2N2O5/c19-14-9-5-10(15(14)20)13-12(9)16(24)22(17(13)25)6-11(23)21-8-3-1-7(2-4-8)18(26)27/h1-4,9-10,12-15H,5-6H2,(H,21,23)(H,26,27)/t9-,10-,12-,13+,14-,15+/m0/s1. The molecule has 2 N–H and O–H groups in total. The molecular formula is C18H16Br2N2O5. The highest BCUT2D eigenvalue weighted by Crippen LogP contribution is 2.60. The number of amides is 3. The molecule has 3 amide bonds. The van der Waals surface area contributed by atoms with Crippen molar-refractivity contribution in [1.29, 1.82) is 0 Å². The largest absolute Gasteiger partial charge is 0.478 e. The number of hydrogen-bond donors (Lipinski definition) is 2. The Hall–Kier alpha value is -1.74. The van der Waals surface area contributed by atoms with Crippen molar-refractivity contribution in [1.82, 2.24) is 4.90 Å². The molecule has 2 bridgehead atoms. The molecule has 3 fully saturated rings. The lowest BCUT2D eigenvalue weighted by Gasteiger charge is -2.28. The lowest BCUT2D eigenvalue weighted by molar-refractivity contribution is -0.143. The Bertz CT molecular complexity index is 811. The minimum atomic E-state index is -1.06. The number of carbonyl (C=O) groups is 4. The number of fused-ring (bicyclic) bond motifs is 5. The van der Waals surface area contributed by atoms with Crippen LogP contribution in [0.1, 0.15) is 16.8 Å². The molecule has 7 nitrogen and oxygen atoms in total. The quantitative estimate of drug-likeness (QED) is 0.487. The molecule has 0 unspecified atom stereocenters. The van der Waals surface area contributed by atoms with Gasteiger partial charge in [0.05, 0.1) is 17.4 Å². The fourth-order valence-electron chi connectivity index (χ4n) is 4.61. The molecule has 142 valence electrons. The first-order valence-electron chi connectivity index (χ1n) is 8.56. The van der Waals surface area contributed by atoms with E-state index in [0.29, 0.717) is 5.69 Å². The van der Waals surface area contributed by atoms with Gasteiger partial charge in [0, 0.05) is 15.3 Å². The van der Waals surface area contributed by atoms with Crippen LogP contribution in [0, 0.1) is 23.7 Å². The maximum Gasteiger partial charge on any atom is 0.335 e. The van der Waals surface area contributed by atoms with Gasteiger partial charge in [0.2, 0.25) is 17.7 Å². The number of likely N-dealkylation sites (tertiary alicyclic amines) is 1. The molecule has 4 rings (SSSR count). The van der Waals surface area contributed by atoms with Gasteiger partial charge in [-0.2, -0.15) is 0 Å². The number of alkyl halides is 2. The zero-order valence-electron chi connectivity index (χ0n) is 14.0. The van der Waals surface area contributed by atoms with Crippen LogP contribution in [0.5, 0.6) is 0 Å². The second kappa shape index (κ2) is 6.70. The van der Waals surface area contributed by atoms with Crippen LogP contribution in [0.3, 0.4) is 0 Å². The first-order valence-corrected chi connectivity index (χ1v) is 10.4. The van der Waals surface area contributed by atoms with Crippen molar-refractivity contribution in [3.63, 3.8) is 0 Å². The number of benzene rings is 1. The number of hydrogen-bond acceptors (Lipinski definition) is 4. The molecule has 27 heavy (non-hydrogen) atoms. The summed E-state index contributed by atoms with van der Waals surface area (Å²) >= 11 is 7.25. The molecule has 1 aliphatic heterocycles. The third-order valence-corrected chi connectivity index (χ3v) is 9.00. The van der Waals surface area contributed by atoms with E-state index in [1.807, 2.05) is 0 Å². The van der Waals surface area contributed by atoms with Gasteiger partial charge in [-0.15, -0.1) is 0 Å². The molecule has 2 aliphatic carbocycles. The summed E-state index contributed by atoms with van der Waals surface area (Å²) in [7, 11) is 0. The van der Waals surface area contributed by atoms with E-state index in [-0.39, 0.29) is 57.2 Å². The molecule has 0 radical (unpaired) electrons. The van der Waals surface area contributed by atoms with Crippen LogP contribution in [0.15, 0.2) is 24.3 Å². The topological polar surface area (TPSA) is 104 Å². The third-order valence-electron chi connectivity index (χ3n) is 5.80. The summed E-state index contributed by atoms with van der Waals surface area (Å²) in [5.74, 6) is -2.55. The molecule has 1 heterocycles. The number of nitrogens with one attached hydrogen (secondary N) is 1. The van der Waals surface area contributed by atoms with Gasteiger partial charge >= 0.3 is 5.97 Å². The predicted molar refractivity (Wildman–Crippen MR) is 103 cm³/mol. The van der Waals surface area contributed by atoms with Gasteiger partial charge in [-0.1, -0.05) is 31.9 Å². The Morgan fingerprint density at radius 3 is 2.04 bits per heavy atom. The molecule has 6 atom stereocenters. The van der Waals surface area contributed by atoms with Gasteiger partial charge < -0.3 is 10.4 Å². The zero-order valence-corrected chi connectivity index (χ0v) is 17.1.